The zero-order valence-corrected chi connectivity index (χ0v) is 9.88. The zero-order chi connectivity index (χ0) is 14.9. The molecular formula is C11H9F4N3O2. The van der Waals surface area contributed by atoms with Crippen LogP contribution in [0.25, 0.3) is 0 Å². The second-order valence-corrected chi connectivity index (χ2v) is 4.10. The first-order valence-electron chi connectivity index (χ1n) is 5.47. The molecule has 0 saturated heterocycles. The Labute approximate surface area is 110 Å². The number of hydrogen-bond acceptors (Lipinski definition) is 4. The molecule has 0 fully saturated rings. The van der Waals surface area contributed by atoms with Crippen molar-refractivity contribution in [3.05, 3.63) is 30.1 Å². The Kier molecular flexibility index (Phi) is 3.71. The summed E-state index contributed by atoms with van der Waals surface area (Å²) in [4.78, 5) is 15.6. The highest BCUT2D eigenvalue weighted by Gasteiger charge is 2.53. The summed E-state index contributed by atoms with van der Waals surface area (Å²) in [5.74, 6) is -1.11. The molecule has 0 aromatic carbocycles. The highest BCUT2D eigenvalue weighted by molar-refractivity contribution is 5.98. The van der Waals surface area contributed by atoms with Crippen LogP contribution in [0.3, 0.4) is 0 Å². The molecule has 1 atom stereocenters. The number of aromatic nitrogens is 1. The van der Waals surface area contributed by atoms with E-state index in [1.165, 1.54) is 24.5 Å². The Balaban J connectivity index is 2.38. The van der Waals surface area contributed by atoms with Crippen LogP contribution < -0.4 is 0 Å². The van der Waals surface area contributed by atoms with Gasteiger partial charge in [-0.2, -0.15) is 10.1 Å². The molecule has 1 aromatic heterocycles. The topological polar surface area (TPSA) is 65.8 Å². The maximum atomic E-state index is 12.9. The number of pyridine rings is 1. The number of hydrogen-bond donors (Lipinski definition) is 1. The minimum Gasteiger partial charge on any atom is -0.364 e. The molecule has 1 N–H and O–H groups in total. The van der Waals surface area contributed by atoms with Crippen molar-refractivity contribution in [2.24, 2.45) is 5.10 Å². The molecule has 1 aliphatic heterocycles. The molecular weight excluding hydrogens is 282 g/mol. The Bertz CT molecular complexity index is 538. The molecule has 0 aliphatic carbocycles. The van der Waals surface area contributed by atoms with Crippen LogP contribution in [-0.2, 0) is 0 Å². The third-order valence-corrected chi connectivity index (χ3v) is 2.76. The van der Waals surface area contributed by atoms with E-state index in [-0.39, 0.29) is 10.6 Å². The first-order chi connectivity index (χ1) is 9.36. The molecule has 0 radical (unpaired) electrons. The van der Waals surface area contributed by atoms with Crippen LogP contribution in [0.15, 0.2) is 29.6 Å². The second kappa shape index (κ2) is 5.16. The van der Waals surface area contributed by atoms with Gasteiger partial charge in [-0.15, -0.1) is 0 Å². The predicted octanol–water partition coefficient (Wildman–Crippen LogP) is 1.50. The quantitative estimate of drug-likeness (QED) is 0.858. The number of halogens is 4. The van der Waals surface area contributed by atoms with Gasteiger partial charge in [0.15, 0.2) is 0 Å². The van der Waals surface area contributed by atoms with Gasteiger partial charge in [-0.1, -0.05) is 0 Å². The van der Waals surface area contributed by atoms with Crippen molar-refractivity contribution in [1.29, 1.82) is 0 Å². The Morgan fingerprint density at radius 2 is 1.90 bits per heavy atom. The van der Waals surface area contributed by atoms with E-state index in [1.807, 2.05) is 0 Å². The third-order valence-electron chi connectivity index (χ3n) is 2.76. The van der Waals surface area contributed by atoms with Crippen molar-refractivity contribution in [2.75, 3.05) is 0 Å². The lowest BCUT2D eigenvalue weighted by Gasteiger charge is -2.29. The van der Waals surface area contributed by atoms with Crippen LogP contribution in [-0.4, -0.2) is 45.3 Å². The van der Waals surface area contributed by atoms with Crippen LogP contribution in [0, 0.1) is 0 Å². The third kappa shape index (κ3) is 2.36. The fraction of sp³-hybridized carbons (Fsp3) is 0.364. The molecule has 2 rings (SSSR count). The summed E-state index contributed by atoms with van der Waals surface area (Å²) < 4.78 is 50.9. The van der Waals surface area contributed by atoms with Crippen molar-refractivity contribution in [3.63, 3.8) is 0 Å². The minimum absolute atomic E-state index is 0.00843. The van der Waals surface area contributed by atoms with Gasteiger partial charge >= 0.3 is 0 Å². The summed E-state index contributed by atoms with van der Waals surface area (Å²) in [6, 6.07) is 2.40. The Hall–Kier alpha value is -2.03. The van der Waals surface area contributed by atoms with Crippen LogP contribution in [0.2, 0.25) is 0 Å². The van der Waals surface area contributed by atoms with Gasteiger partial charge in [0, 0.05) is 24.4 Å². The van der Waals surface area contributed by atoms with Gasteiger partial charge in [0.1, 0.15) is 5.71 Å². The summed E-state index contributed by atoms with van der Waals surface area (Å²) in [7, 11) is 0. The van der Waals surface area contributed by atoms with Gasteiger partial charge in [0.25, 0.3) is 18.8 Å². The molecule has 1 aromatic rings. The highest BCUT2D eigenvalue weighted by atomic mass is 19.3. The lowest BCUT2D eigenvalue weighted by atomic mass is 10.1. The molecule has 0 saturated carbocycles. The van der Waals surface area contributed by atoms with Crippen LogP contribution >= 0.6 is 0 Å². The fourth-order valence-electron chi connectivity index (χ4n) is 1.72. The summed E-state index contributed by atoms with van der Waals surface area (Å²) in [5.41, 5.74) is -4.12. The lowest BCUT2D eigenvalue weighted by Crippen LogP contribution is -2.51. The summed E-state index contributed by atoms with van der Waals surface area (Å²) in [5, 5.41) is 12.9. The molecule has 5 nitrogen and oxygen atoms in total. The minimum atomic E-state index is -3.44. The van der Waals surface area contributed by atoms with Gasteiger partial charge in [0.05, 0.1) is 0 Å². The van der Waals surface area contributed by atoms with Crippen LogP contribution in [0.4, 0.5) is 17.6 Å². The number of hydrazone groups is 1. The van der Waals surface area contributed by atoms with Gasteiger partial charge in [-0.05, 0) is 12.1 Å². The number of carbonyl (C=O) groups is 1. The number of nitrogens with zero attached hydrogens (tertiary/aromatic N) is 3. The lowest BCUT2D eigenvalue weighted by molar-refractivity contribution is -0.164. The Morgan fingerprint density at radius 1 is 1.30 bits per heavy atom. The maximum absolute atomic E-state index is 12.9. The number of carbonyl (C=O) groups excluding carboxylic acids is 1. The van der Waals surface area contributed by atoms with Crippen LogP contribution in [0.1, 0.15) is 16.8 Å². The fourth-order valence-corrected chi connectivity index (χ4v) is 1.72. The van der Waals surface area contributed by atoms with Gasteiger partial charge in [0.2, 0.25) is 5.72 Å². The average molecular weight is 291 g/mol. The van der Waals surface area contributed by atoms with Gasteiger partial charge < -0.3 is 5.11 Å². The second-order valence-electron chi connectivity index (χ2n) is 4.10. The van der Waals surface area contributed by atoms with E-state index in [4.69, 9.17) is 0 Å². The predicted molar refractivity (Wildman–Crippen MR) is 59.4 cm³/mol. The normalized spacial score (nSPS) is 22.6. The monoisotopic (exact) mass is 291 g/mol. The average Bonchev–Trinajstić information content (AvgIpc) is 2.79. The molecule has 0 spiro atoms. The van der Waals surface area contributed by atoms with Crippen molar-refractivity contribution in [2.45, 2.75) is 25.0 Å². The van der Waals surface area contributed by atoms with E-state index in [0.29, 0.717) is 0 Å². The smallest absolute Gasteiger partial charge is 0.287 e. The molecule has 2 heterocycles. The molecule has 1 amide bonds. The largest absolute Gasteiger partial charge is 0.364 e. The zero-order valence-electron chi connectivity index (χ0n) is 9.88. The van der Waals surface area contributed by atoms with E-state index in [1.54, 1.807) is 0 Å². The van der Waals surface area contributed by atoms with E-state index < -0.39 is 36.6 Å². The van der Waals surface area contributed by atoms with E-state index in [2.05, 4.69) is 10.1 Å². The SMILES string of the molecule is O=C(c1ccncc1)N1N=C(C(F)F)CC1(O)C(F)F. The summed E-state index contributed by atoms with van der Waals surface area (Å²) in [6.45, 7) is 0. The number of aliphatic hydroxyl groups is 1. The molecule has 108 valence electrons. The maximum Gasteiger partial charge on any atom is 0.287 e. The number of rotatable bonds is 3. The van der Waals surface area contributed by atoms with Crippen LogP contribution in [0.5, 0.6) is 0 Å². The van der Waals surface area contributed by atoms with Gasteiger partial charge in [-0.3, -0.25) is 9.78 Å². The Morgan fingerprint density at radius 3 is 2.40 bits per heavy atom. The summed E-state index contributed by atoms with van der Waals surface area (Å²) >= 11 is 0. The van der Waals surface area contributed by atoms with Crippen molar-refractivity contribution in [3.8, 4) is 0 Å². The van der Waals surface area contributed by atoms with Gasteiger partial charge in [-0.25, -0.2) is 17.6 Å². The summed E-state index contributed by atoms with van der Waals surface area (Å²) in [6.07, 6.45) is -5.21. The van der Waals surface area contributed by atoms with Crippen molar-refractivity contribution < 1.29 is 27.5 Å². The first kappa shape index (κ1) is 14.4. The number of amides is 1. The molecule has 1 aliphatic rings. The van der Waals surface area contributed by atoms with E-state index in [9.17, 15) is 27.5 Å². The van der Waals surface area contributed by atoms with E-state index in [0.717, 1.165) is 0 Å². The molecule has 20 heavy (non-hydrogen) atoms. The number of alkyl halides is 4. The van der Waals surface area contributed by atoms with E-state index >= 15 is 0 Å². The van der Waals surface area contributed by atoms with Crippen molar-refractivity contribution in [1.82, 2.24) is 9.99 Å². The molecule has 9 heteroatoms. The standard InChI is InChI=1S/C11H9F4N3O2/c12-8(13)7-5-11(20,10(14)15)18(17-7)9(19)6-1-3-16-4-2-6/h1-4,8,10,20H,5H2. The molecule has 1 unspecified atom stereocenters. The first-order valence-corrected chi connectivity index (χ1v) is 5.47. The van der Waals surface area contributed by atoms with Crippen molar-refractivity contribution >= 4 is 11.6 Å². The molecule has 0 bridgehead atoms. The highest BCUT2D eigenvalue weighted by Crippen LogP contribution is 2.34.